The first-order valence-corrected chi connectivity index (χ1v) is 4.79. The van der Waals surface area contributed by atoms with Crippen molar-refractivity contribution in [3.8, 4) is 0 Å². The molecule has 0 radical (unpaired) electrons. The number of ether oxygens (including phenoxy) is 1. The number of alkyl halides is 1. The van der Waals surface area contributed by atoms with E-state index in [0.717, 1.165) is 16.3 Å². The van der Waals surface area contributed by atoms with Crippen molar-refractivity contribution >= 4 is 16.3 Å². The van der Waals surface area contributed by atoms with Crippen LogP contribution in [0.5, 0.6) is 0 Å². The molecule has 1 aliphatic rings. The quantitative estimate of drug-likeness (QED) is 0.476. The van der Waals surface area contributed by atoms with Crippen LogP contribution in [0.4, 0.5) is 4.39 Å². The smallest absolute Gasteiger partial charge is 0.261 e. The Labute approximate surface area is 68.3 Å². The third kappa shape index (κ3) is 1.51. The number of nitrogens with two attached hydrogens (primary N) is 1. The molecular weight excluding hydrogens is 148 g/mol. The third-order valence-corrected chi connectivity index (χ3v) is 3.18. The van der Waals surface area contributed by atoms with Gasteiger partial charge in [0, 0.05) is 16.9 Å². The summed E-state index contributed by atoms with van der Waals surface area (Å²) in [5.74, 6) is -0.0276. The van der Waals surface area contributed by atoms with E-state index in [0.29, 0.717) is 6.61 Å². The molecule has 4 heteroatoms. The lowest BCUT2D eigenvalue weighted by molar-refractivity contribution is -0.0282. The molecule has 0 aliphatic carbocycles. The summed E-state index contributed by atoms with van der Waals surface area (Å²) in [6.07, 6.45) is -0.865. The second-order valence-corrected chi connectivity index (χ2v) is 4.18. The minimum atomic E-state index is -0.865. The lowest BCUT2D eigenvalue weighted by Crippen LogP contribution is -2.52. The van der Waals surface area contributed by atoms with Crippen LogP contribution in [0, 0.1) is 5.92 Å². The summed E-state index contributed by atoms with van der Waals surface area (Å²) in [5.41, 5.74) is 5.55. The summed E-state index contributed by atoms with van der Waals surface area (Å²) in [4.78, 5) is 0.00574. The zero-order valence-electron chi connectivity index (χ0n) is 6.38. The first kappa shape index (κ1) is 8.48. The zero-order valence-corrected chi connectivity index (χ0v) is 8.38. The summed E-state index contributed by atoms with van der Waals surface area (Å²) in [7, 11) is 0. The summed E-state index contributed by atoms with van der Waals surface area (Å²) < 4.78 is 18.3. The van der Waals surface area contributed by atoms with Crippen molar-refractivity contribution < 1.29 is 9.13 Å². The minimum Gasteiger partial charge on any atom is -0.392 e. The average molecular weight is 161 g/mol. The van der Waals surface area contributed by atoms with E-state index in [2.05, 4.69) is 0 Å². The highest BCUT2D eigenvalue weighted by atomic mass is 27.0. The van der Waals surface area contributed by atoms with Crippen molar-refractivity contribution in [3.05, 3.63) is 0 Å². The van der Waals surface area contributed by atoms with Crippen LogP contribution < -0.4 is 5.73 Å². The van der Waals surface area contributed by atoms with E-state index in [1.165, 1.54) is 0 Å². The lowest BCUT2D eigenvalue weighted by Gasteiger charge is -2.34. The van der Waals surface area contributed by atoms with Crippen LogP contribution in [0.15, 0.2) is 0 Å². The van der Waals surface area contributed by atoms with Crippen molar-refractivity contribution in [1.82, 2.24) is 0 Å². The number of halogens is 1. The van der Waals surface area contributed by atoms with E-state index < -0.39 is 6.17 Å². The fourth-order valence-corrected chi connectivity index (χ4v) is 1.71. The number of hydrogen-bond donors (Lipinski definition) is 1. The second-order valence-electron chi connectivity index (χ2n) is 3.04. The van der Waals surface area contributed by atoms with Crippen LogP contribution in [0.25, 0.3) is 0 Å². The predicted molar refractivity (Wildman–Crippen MR) is 40.3 cm³/mol. The highest BCUT2D eigenvalue weighted by molar-refractivity contribution is 6.11. The maximum Gasteiger partial charge on any atom is 0.261 e. The highest BCUT2D eigenvalue weighted by Crippen LogP contribution is 2.19. The van der Waals surface area contributed by atoms with Gasteiger partial charge in [-0.1, -0.05) is 6.92 Å². The Kier molecular flexibility index (Phi) is 2.70. The van der Waals surface area contributed by atoms with Gasteiger partial charge in [0.25, 0.3) is 16.3 Å². The Morgan fingerprint density at radius 1 is 1.70 bits per heavy atom. The van der Waals surface area contributed by atoms with Crippen LogP contribution in [0.2, 0.25) is 0 Å². The average Bonchev–Trinajstić information content (AvgIpc) is 1.93. The van der Waals surface area contributed by atoms with E-state index in [1.807, 2.05) is 6.92 Å². The number of rotatable bonds is 0. The standard InChI is InChI=1S/C6H11FNO.Al.2H/c1-4-2-9-3-5(8)6(4)7;;;/h3-6H,2,8H2,1H3;;;/t4-,5+,6-;;;/m0.../s1. The number of hydrogen-bond acceptors (Lipinski definition) is 2. The maximum atomic E-state index is 13.0. The van der Waals surface area contributed by atoms with E-state index in [-0.39, 0.29) is 16.9 Å². The van der Waals surface area contributed by atoms with Crippen LogP contribution in [-0.2, 0) is 4.74 Å². The first-order chi connectivity index (χ1) is 4.63. The van der Waals surface area contributed by atoms with Crippen LogP contribution in [0.3, 0.4) is 0 Å². The van der Waals surface area contributed by atoms with Crippen molar-refractivity contribution in [2.75, 3.05) is 6.61 Å². The van der Waals surface area contributed by atoms with Gasteiger partial charge in [0.15, 0.2) is 0 Å². The Hall–Kier alpha value is 0.382. The summed E-state index contributed by atoms with van der Waals surface area (Å²) >= 11 is 0.827. The highest BCUT2D eigenvalue weighted by Gasteiger charge is 2.33. The molecule has 58 valence electrons. The van der Waals surface area contributed by atoms with E-state index in [4.69, 9.17) is 10.5 Å². The van der Waals surface area contributed by atoms with Gasteiger partial charge in [0.05, 0.1) is 6.61 Å². The SMILES string of the molecule is C[C@H]1CO[C@H]([AlH2])[C@@H](N)[C@H]1F. The van der Waals surface area contributed by atoms with Gasteiger partial charge in [-0.25, -0.2) is 4.39 Å². The molecule has 0 saturated carbocycles. The molecule has 0 aromatic heterocycles. The third-order valence-electron chi connectivity index (χ3n) is 2.08. The van der Waals surface area contributed by atoms with Gasteiger partial charge in [0.2, 0.25) is 0 Å². The molecule has 1 aliphatic heterocycles. The van der Waals surface area contributed by atoms with Crippen molar-refractivity contribution in [3.63, 3.8) is 0 Å². The Bertz CT molecular complexity index is 110. The van der Waals surface area contributed by atoms with E-state index in [9.17, 15) is 4.39 Å². The molecule has 1 rings (SSSR count). The Morgan fingerprint density at radius 2 is 2.30 bits per heavy atom. The van der Waals surface area contributed by atoms with Crippen LogP contribution >= 0.6 is 0 Å². The lowest BCUT2D eigenvalue weighted by atomic mass is 9.99. The summed E-state index contributed by atoms with van der Waals surface area (Å²) in [6.45, 7) is 2.36. The van der Waals surface area contributed by atoms with E-state index in [1.54, 1.807) is 0 Å². The van der Waals surface area contributed by atoms with Crippen LogP contribution in [-0.4, -0.2) is 40.1 Å². The fraction of sp³-hybridized carbons (Fsp3) is 1.00. The first-order valence-electron chi connectivity index (χ1n) is 3.64. The predicted octanol–water partition coefficient (Wildman–Crippen LogP) is -0.723. The topological polar surface area (TPSA) is 35.2 Å². The van der Waals surface area contributed by atoms with E-state index >= 15 is 0 Å². The van der Waals surface area contributed by atoms with Crippen molar-refractivity contribution in [2.24, 2.45) is 11.7 Å². The molecule has 1 heterocycles. The molecule has 0 unspecified atom stereocenters. The Morgan fingerprint density at radius 3 is 2.80 bits per heavy atom. The zero-order chi connectivity index (χ0) is 7.72. The Balaban J connectivity index is 2.52. The van der Waals surface area contributed by atoms with Gasteiger partial charge in [-0.05, 0) is 0 Å². The molecule has 2 nitrogen and oxygen atoms in total. The van der Waals surface area contributed by atoms with Gasteiger partial charge < -0.3 is 10.5 Å². The maximum absolute atomic E-state index is 13.0. The molecule has 0 amide bonds. The molecule has 0 spiro atoms. The largest absolute Gasteiger partial charge is 0.392 e. The normalized spacial score (nSPS) is 49.1. The van der Waals surface area contributed by atoms with Gasteiger partial charge in [-0.2, -0.15) is 0 Å². The molecule has 2 N–H and O–H groups in total. The fourth-order valence-electron chi connectivity index (χ4n) is 1.14. The molecule has 4 atom stereocenters. The molecule has 0 bridgehead atoms. The molecule has 1 fully saturated rings. The second kappa shape index (κ2) is 3.19. The summed E-state index contributed by atoms with van der Waals surface area (Å²) in [5, 5.41) is 0. The minimum absolute atomic E-state index is 0.00574. The summed E-state index contributed by atoms with van der Waals surface area (Å²) in [6, 6.07) is -0.379. The van der Waals surface area contributed by atoms with Gasteiger partial charge >= 0.3 is 0 Å². The van der Waals surface area contributed by atoms with Crippen LogP contribution in [0.1, 0.15) is 6.92 Å². The van der Waals surface area contributed by atoms with Crippen molar-refractivity contribution in [1.29, 1.82) is 0 Å². The molecule has 10 heavy (non-hydrogen) atoms. The molecular formula is C6H13AlFNO. The molecule has 1 saturated heterocycles. The molecule has 0 aromatic carbocycles. The monoisotopic (exact) mass is 161 g/mol. The van der Waals surface area contributed by atoms with Crippen molar-refractivity contribution in [2.45, 2.75) is 24.1 Å². The van der Waals surface area contributed by atoms with Gasteiger partial charge in [-0.15, -0.1) is 0 Å². The van der Waals surface area contributed by atoms with Gasteiger partial charge in [-0.3, -0.25) is 0 Å². The molecule has 0 aromatic rings. The van der Waals surface area contributed by atoms with Gasteiger partial charge in [0.1, 0.15) is 6.17 Å².